The smallest absolute Gasteiger partial charge is 0.115 e. The van der Waals surface area contributed by atoms with Gasteiger partial charge in [-0.15, -0.1) is 0 Å². The number of aliphatic hydroxyl groups excluding tert-OH is 1. The van der Waals surface area contributed by atoms with Crippen molar-refractivity contribution in [2.75, 3.05) is 0 Å². The minimum Gasteiger partial charge on any atom is -0.512 e. The minimum absolute atomic E-state index is 0.267. The van der Waals surface area contributed by atoms with Crippen LogP contribution in [0.15, 0.2) is 48.7 Å². The van der Waals surface area contributed by atoms with Crippen molar-refractivity contribution < 1.29 is 10.2 Å². The molecule has 0 saturated carbocycles. The number of phenols is 1. The van der Waals surface area contributed by atoms with Gasteiger partial charge in [0, 0.05) is 5.41 Å². The van der Waals surface area contributed by atoms with Gasteiger partial charge in [0.2, 0.25) is 0 Å². The van der Waals surface area contributed by atoms with Gasteiger partial charge in [0.05, 0.1) is 5.76 Å². The lowest BCUT2D eigenvalue weighted by atomic mass is 9.82. The van der Waals surface area contributed by atoms with Crippen LogP contribution in [0.3, 0.4) is 0 Å². The molecule has 0 fully saturated rings. The Morgan fingerprint density at radius 1 is 1.17 bits per heavy atom. The average molecular weight is 308 g/mol. The third kappa shape index (κ3) is 2.86. The van der Waals surface area contributed by atoms with E-state index in [-0.39, 0.29) is 11.2 Å². The highest BCUT2D eigenvalue weighted by Crippen LogP contribution is 2.42. The van der Waals surface area contributed by atoms with Crippen molar-refractivity contribution in [3.63, 3.8) is 0 Å². The van der Waals surface area contributed by atoms with Crippen molar-refractivity contribution in [2.45, 2.75) is 44.9 Å². The van der Waals surface area contributed by atoms with E-state index in [0.29, 0.717) is 5.75 Å². The second kappa shape index (κ2) is 5.77. The molecule has 1 unspecified atom stereocenters. The predicted octanol–water partition coefficient (Wildman–Crippen LogP) is 4.76. The zero-order chi connectivity index (χ0) is 16.6. The molecule has 0 spiro atoms. The van der Waals surface area contributed by atoms with E-state index in [2.05, 4.69) is 31.7 Å². The van der Waals surface area contributed by atoms with Gasteiger partial charge in [-0.2, -0.15) is 0 Å². The largest absolute Gasteiger partial charge is 0.512 e. The number of aryl methyl sites for hydroxylation is 4. The normalized spacial score (nSPS) is 19.6. The quantitative estimate of drug-likeness (QED) is 0.799. The van der Waals surface area contributed by atoms with E-state index in [1.807, 2.05) is 19.1 Å². The molecule has 120 valence electrons. The first-order valence-electron chi connectivity index (χ1n) is 8.19. The number of phenolic OH excluding ortho intramolecular Hbond substituents is 1. The van der Waals surface area contributed by atoms with Gasteiger partial charge in [-0.3, -0.25) is 0 Å². The molecule has 2 aromatic rings. The van der Waals surface area contributed by atoms with E-state index in [1.165, 1.54) is 22.3 Å². The maximum absolute atomic E-state index is 9.92. The summed E-state index contributed by atoms with van der Waals surface area (Å²) in [5.41, 5.74) is 6.00. The van der Waals surface area contributed by atoms with Crippen LogP contribution < -0.4 is 0 Å². The Bertz CT molecular complexity index is 760. The van der Waals surface area contributed by atoms with Gasteiger partial charge in [-0.25, -0.2) is 0 Å². The Hall–Kier alpha value is -2.22. The van der Waals surface area contributed by atoms with Crippen LogP contribution >= 0.6 is 0 Å². The van der Waals surface area contributed by atoms with Crippen LogP contribution in [0.5, 0.6) is 5.75 Å². The number of rotatable bonds is 4. The number of aromatic hydroxyl groups is 1. The van der Waals surface area contributed by atoms with E-state index in [4.69, 9.17) is 0 Å². The molecule has 0 radical (unpaired) electrons. The molecule has 23 heavy (non-hydrogen) atoms. The molecule has 0 amide bonds. The van der Waals surface area contributed by atoms with Crippen LogP contribution in [0, 0.1) is 6.92 Å². The molecule has 2 N–H and O–H groups in total. The molecule has 0 heterocycles. The Morgan fingerprint density at radius 2 is 1.96 bits per heavy atom. The van der Waals surface area contributed by atoms with Crippen molar-refractivity contribution in [2.24, 2.45) is 0 Å². The van der Waals surface area contributed by atoms with Crippen molar-refractivity contribution in [1.29, 1.82) is 0 Å². The molecule has 0 saturated heterocycles. The van der Waals surface area contributed by atoms with Crippen molar-refractivity contribution in [1.82, 2.24) is 0 Å². The number of benzene rings is 2. The first-order chi connectivity index (χ1) is 10.9. The number of hydrogen-bond donors (Lipinski definition) is 2. The molecular weight excluding hydrogens is 284 g/mol. The lowest BCUT2D eigenvalue weighted by molar-refractivity contribution is 0.308. The summed E-state index contributed by atoms with van der Waals surface area (Å²) in [6.45, 7) is 7.87. The second-order valence-corrected chi connectivity index (χ2v) is 6.88. The molecule has 3 rings (SSSR count). The fourth-order valence-electron chi connectivity index (χ4n) is 3.61. The highest BCUT2D eigenvalue weighted by molar-refractivity contribution is 5.45. The molecule has 2 aromatic carbocycles. The van der Waals surface area contributed by atoms with Crippen LogP contribution in [0.25, 0.3) is 0 Å². The summed E-state index contributed by atoms with van der Waals surface area (Å²) in [7, 11) is 0. The van der Waals surface area contributed by atoms with E-state index in [0.717, 1.165) is 31.2 Å². The standard InChI is InChI=1S/C21H24O2/c1-14-12-19(23)8-7-17(14)6-4-16-5-9-20-18(13-16)10-11-21(20,3)15(2)22/h5,7-9,12-13,22-23H,2,4,6,10-11H2,1,3H3. The summed E-state index contributed by atoms with van der Waals surface area (Å²) >= 11 is 0. The zero-order valence-electron chi connectivity index (χ0n) is 13.9. The topological polar surface area (TPSA) is 40.5 Å². The van der Waals surface area contributed by atoms with Gasteiger partial charge < -0.3 is 10.2 Å². The molecule has 0 aromatic heterocycles. The minimum atomic E-state index is -0.290. The van der Waals surface area contributed by atoms with Crippen LogP contribution in [0.2, 0.25) is 0 Å². The SMILES string of the molecule is C=C(O)C1(C)CCc2cc(CCc3ccc(O)cc3C)ccc21. The van der Waals surface area contributed by atoms with Gasteiger partial charge in [0.25, 0.3) is 0 Å². The molecule has 2 nitrogen and oxygen atoms in total. The summed E-state index contributed by atoms with van der Waals surface area (Å²) in [4.78, 5) is 0. The van der Waals surface area contributed by atoms with Gasteiger partial charge in [0.15, 0.2) is 0 Å². The molecular formula is C21H24O2. The highest BCUT2D eigenvalue weighted by atomic mass is 16.3. The van der Waals surface area contributed by atoms with Crippen LogP contribution in [-0.2, 0) is 24.7 Å². The summed E-state index contributed by atoms with van der Waals surface area (Å²) < 4.78 is 0. The maximum Gasteiger partial charge on any atom is 0.115 e. The first kappa shape index (κ1) is 15.7. The maximum atomic E-state index is 9.92. The van der Waals surface area contributed by atoms with Gasteiger partial charge in [-0.05, 0) is 79.5 Å². The molecule has 1 aliphatic carbocycles. The van der Waals surface area contributed by atoms with E-state index in [1.54, 1.807) is 6.07 Å². The Morgan fingerprint density at radius 3 is 2.65 bits per heavy atom. The fraction of sp³-hybridized carbons (Fsp3) is 0.333. The second-order valence-electron chi connectivity index (χ2n) is 6.88. The third-order valence-corrected chi connectivity index (χ3v) is 5.30. The average Bonchev–Trinajstić information content (AvgIpc) is 2.85. The van der Waals surface area contributed by atoms with E-state index >= 15 is 0 Å². The van der Waals surface area contributed by atoms with Gasteiger partial charge in [0.1, 0.15) is 5.75 Å². The summed E-state index contributed by atoms with van der Waals surface area (Å²) in [5.74, 6) is 0.594. The zero-order valence-corrected chi connectivity index (χ0v) is 13.9. The highest BCUT2D eigenvalue weighted by Gasteiger charge is 2.36. The van der Waals surface area contributed by atoms with Gasteiger partial charge in [-0.1, -0.05) is 30.8 Å². The fourth-order valence-corrected chi connectivity index (χ4v) is 3.61. The summed E-state index contributed by atoms with van der Waals surface area (Å²) in [6.07, 6.45) is 3.88. The first-order valence-corrected chi connectivity index (χ1v) is 8.19. The Kier molecular flexibility index (Phi) is 3.93. The van der Waals surface area contributed by atoms with Crippen LogP contribution in [-0.4, -0.2) is 10.2 Å². The van der Waals surface area contributed by atoms with Gasteiger partial charge >= 0.3 is 0 Å². The number of allylic oxidation sites excluding steroid dienone is 1. The molecule has 1 atom stereocenters. The molecule has 0 aliphatic heterocycles. The Labute approximate surface area is 138 Å². The predicted molar refractivity (Wildman–Crippen MR) is 94.1 cm³/mol. The van der Waals surface area contributed by atoms with Crippen molar-refractivity contribution in [3.05, 3.63) is 76.6 Å². The monoisotopic (exact) mass is 308 g/mol. The van der Waals surface area contributed by atoms with Crippen LogP contribution in [0.1, 0.15) is 41.2 Å². The Balaban J connectivity index is 1.77. The third-order valence-electron chi connectivity index (χ3n) is 5.30. The lowest BCUT2D eigenvalue weighted by Crippen LogP contribution is -2.20. The molecule has 1 aliphatic rings. The number of fused-ring (bicyclic) bond motifs is 1. The summed E-state index contributed by atoms with van der Waals surface area (Å²) in [5, 5.41) is 19.4. The van der Waals surface area contributed by atoms with Crippen molar-refractivity contribution in [3.8, 4) is 5.75 Å². The van der Waals surface area contributed by atoms with E-state index in [9.17, 15) is 10.2 Å². The van der Waals surface area contributed by atoms with Crippen LogP contribution in [0.4, 0.5) is 0 Å². The number of aliphatic hydroxyl groups is 1. The van der Waals surface area contributed by atoms with E-state index < -0.39 is 0 Å². The molecule has 0 bridgehead atoms. The lowest BCUT2D eigenvalue weighted by Gasteiger charge is -2.24. The summed E-state index contributed by atoms with van der Waals surface area (Å²) in [6, 6.07) is 12.2. The van der Waals surface area contributed by atoms with Crippen molar-refractivity contribution >= 4 is 0 Å². The molecule has 2 heteroatoms. The number of hydrogen-bond acceptors (Lipinski definition) is 2.